The van der Waals surface area contributed by atoms with Gasteiger partial charge in [0.15, 0.2) is 5.11 Å². The number of para-hydroxylation sites is 1. The van der Waals surface area contributed by atoms with Crippen LogP contribution in [0.25, 0.3) is 0 Å². The molecule has 9 nitrogen and oxygen atoms in total. The molecule has 0 atom stereocenters. The minimum Gasteiger partial charge on any atom is -0.406 e. The fourth-order valence-corrected chi connectivity index (χ4v) is 3.52. The molecule has 0 saturated heterocycles. The monoisotopic (exact) mass is 545 g/mol. The Morgan fingerprint density at radius 2 is 1.66 bits per heavy atom. The zero-order valence-electron chi connectivity index (χ0n) is 21.0. The van der Waals surface area contributed by atoms with E-state index < -0.39 is 12.3 Å². The second kappa shape index (κ2) is 11.9. The molecule has 0 aliphatic rings. The third-order valence-electron chi connectivity index (χ3n) is 5.38. The first-order valence-corrected chi connectivity index (χ1v) is 11.7. The summed E-state index contributed by atoms with van der Waals surface area (Å²) in [7, 11) is 3.18. The summed E-state index contributed by atoms with van der Waals surface area (Å²) in [5, 5.41) is 5.53. The molecular formula is C25H26F3N7O2S. The van der Waals surface area contributed by atoms with Crippen LogP contribution in [0.4, 0.5) is 36.2 Å². The minimum atomic E-state index is -4.77. The molecule has 1 heterocycles. The van der Waals surface area contributed by atoms with Crippen LogP contribution in [0, 0.1) is 0 Å². The number of anilines is 4. The fourth-order valence-electron chi connectivity index (χ4n) is 3.38. The summed E-state index contributed by atoms with van der Waals surface area (Å²) in [5.41, 5.74) is 8.44. The van der Waals surface area contributed by atoms with Crippen molar-refractivity contribution < 1.29 is 22.7 Å². The predicted molar refractivity (Wildman–Crippen MR) is 145 cm³/mol. The Morgan fingerprint density at radius 3 is 2.21 bits per heavy atom. The summed E-state index contributed by atoms with van der Waals surface area (Å²) in [6.07, 6.45) is -0.801. The second-order valence-electron chi connectivity index (χ2n) is 8.35. The van der Waals surface area contributed by atoms with Crippen molar-refractivity contribution in [1.29, 1.82) is 0 Å². The number of halogens is 3. The quantitative estimate of drug-likeness (QED) is 0.241. The highest BCUT2D eigenvalue weighted by molar-refractivity contribution is 7.80. The predicted octanol–water partition coefficient (Wildman–Crippen LogP) is 4.97. The van der Waals surface area contributed by atoms with E-state index in [0.717, 1.165) is 11.8 Å². The van der Waals surface area contributed by atoms with Gasteiger partial charge in [-0.05, 0) is 54.0 Å². The summed E-state index contributed by atoms with van der Waals surface area (Å²) >= 11 is 5.15. The molecular weight excluding hydrogens is 519 g/mol. The molecule has 0 unspecified atom stereocenters. The van der Waals surface area contributed by atoms with Gasteiger partial charge in [-0.1, -0.05) is 32.0 Å². The van der Waals surface area contributed by atoms with Crippen LogP contribution >= 0.6 is 12.2 Å². The zero-order valence-corrected chi connectivity index (χ0v) is 21.9. The van der Waals surface area contributed by atoms with Crippen molar-refractivity contribution in [2.75, 3.05) is 28.9 Å². The number of rotatable bonds is 8. The smallest absolute Gasteiger partial charge is 0.406 e. The van der Waals surface area contributed by atoms with E-state index >= 15 is 0 Å². The average Bonchev–Trinajstić information content (AvgIpc) is 2.87. The third kappa shape index (κ3) is 7.16. The lowest BCUT2D eigenvalue weighted by Crippen LogP contribution is -2.34. The first-order chi connectivity index (χ1) is 17.9. The molecule has 0 fully saturated rings. The van der Waals surface area contributed by atoms with Crippen molar-refractivity contribution in [3.05, 3.63) is 66.5 Å². The number of hydrazone groups is 1. The van der Waals surface area contributed by atoms with E-state index in [4.69, 9.17) is 18.0 Å². The van der Waals surface area contributed by atoms with Gasteiger partial charge in [0.1, 0.15) is 12.0 Å². The van der Waals surface area contributed by atoms with Gasteiger partial charge >= 0.3 is 6.36 Å². The number of carbonyl (C=O) groups excluding carboxylic acids is 1. The van der Waals surface area contributed by atoms with Gasteiger partial charge in [0, 0.05) is 19.8 Å². The molecule has 1 aromatic heterocycles. The largest absolute Gasteiger partial charge is 0.573 e. The molecule has 13 heteroatoms. The Kier molecular flexibility index (Phi) is 8.84. The van der Waals surface area contributed by atoms with Gasteiger partial charge in [-0.3, -0.25) is 4.79 Å². The summed E-state index contributed by atoms with van der Waals surface area (Å²) in [6.45, 7) is 4.05. The Hall–Kier alpha value is -4.26. The molecule has 200 valence electrons. The van der Waals surface area contributed by atoms with Crippen LogP contribution in [0.3, 0.4) is 0 Å². The third-order valence-corrected chi connectivity index (χ3v) is 5.55. The minimum absolute atomic E-state index is 0.0153. The first kappa shape index (κ1) is 28.3. The summed E-state index contributed by atoms with van der Waals surface area (Å²) in [6, 6.07) is 12.7. The normalized spacial score (nSPS) is 11.5. The molecule has 2 aromatic carbocycles. The standard InChI is InChI=1S/C25H26F3N7O2S/c1-16(2)20-7-5-6-8-21(20)35(23(29)38)32-15-22(36)33(3)18-13-30-24(31-14-18)34(4)17-9-11-19(12-10-17)37-25(26,27)28/h5-16H,1-4H3,(H2,29,38)/b32-15+. The van der Waals surface area contributed by atoms with E-state index in [1.165, 1.54) is 53.6 Å². The summed E-state index contributed by atoms with van der Waals surface area (Å²) in [5.74, 6) is -0.373. The molecule has 0 radical (unpaired) electrons. The van der Waals surface area contributed by atoms with Crippen LogP contribution in [0.15, 0.2) is 66.0 Å². The number of hydrogen-bond donors (Lipinski definition) is 1. The number of carbonyl (C=O) groups is 1. The fraction of sp³-hybridized carbons (Fsp3) is 0.240. The van der Waals surface area contributed by atoms with Crippen LogP contribution in [0.2, 0.25) is 0 Å². The average molecular weight is 546 g/mol. The highest BCUT2D eigenvalue weighted by Gasteiger charge is 2.31. The molecule has 3 rings (SSSR count). The van der Waals surface area contributed by atoms with Crippen molar-refractivity contribution in [1.82, 2.24) is 9.97 Å². The molecule has 0 bridgehead atoms. The SMILES string of the molecule is CC(C)c1ccccc1N(/N=C/C(=O)N(C)c1cnc(N(C)c2ccc(OC(F)(F)F)cc2)nc1)C(N)=S. The van der Waals surface area contributed by atoms with Crippen molar-refractivity contribution in [2.45, 2.75) is 26.1 Å². The molecule has 3 aromatic rings. The number of hydrogen-bond acceptors (Lipinski definition) is 7. The van der Waals surface area contributed by atoms with E-state index in [1.54, 1.807) is 11.9 Å². The van der Waals surface area contributed by atoms with Crippen molar-refractivity contribution >= 4 is 52.5 Å². The van der Waals surface area contributed by atoms with E-state index in [9.17, 15) is 18.0 Å². The maximum absolute atomic E-state index is 12.8. The number of ether oxygens (including phenoxy) is 1. The molecule has 0 spiro atoms. The maximum atomic E-state index is 12.8. The maximum Gasteiger partial charge on any atom is 0.573 e. The molecule has 2 N–H and O–H groups in total. The number of benzene rings is 2. The molecule has 0 aliphatic heterocycles. The van der Waals surface area contributed by atoms with Gasteiger partial charge in [-0.25, -0.2) is 15.0 Å². The van der Waals surface area contributed by atoms with Gasteiger partial charge in [-0.15, -0.1) is 13.2 Å². The Balaban J connectivity index is 1.71. The number of aromatic nitrogens is 2. The molecule has 38 heavy (non-hydrogen) atoms. The Labute approximate surface area is 223 Å². The lowest BCUT2D eigenvalue weighted by atomic mass is 10.0. The number of nitrogens with zero attached hydrogens (tertiary/aromatic N) is 6. The molecule has 0 saturated carbocycles. The van der Waals surface area contributed by atoms with Crippen LogP contribution in [-0.2, 0) is 4.79 Å². The number of thiocarbonyl (C=S) groups is 1. The lowest BCUT2D eigenvalue weighted by Gasteiger charge is -2.22. The highest BCUT2D eigenvalue weighted by Crippen LogP contribution is 2.28. The van der Waals surface area contributed by atoms with Crippen LogP contribution < -0.4 is 25.3 Å². The highest BCUT2D eigenvalue weighted by atomic mass is 32.1. The van der Waals surface area contributed by atoms with Gasteiger partial charge in [-0.2, -0.15) is 5.10 Å². The summed E-state index contributed by atoms with van der Waals surface area (Å²) in [4.78, 5) is 24.2. The van der Waals surface area contributed by atoms with Crippen molar-refractivity contribution in [3.8, 4) is 5.75 Å². The van der Waals surface area contributed by atoms with Gasteiger partial charge in [0.05, 0.1) is 23.8 Å². The topological polar surface area (TPSA) is 100 Å². The Morgan fingerprint density at radius 1 is 1.05 bits per heavy atom. The van der Waals surface area contributed by atoms with E-state index in [2.05, 4.69) is 19.8 Å². The van der Waals surface area contributed by atoms with E-state index in [-0.39, 0.29) is 22.7 Å². The van der Waals surface area contributed by atoms with Crippen molar-refractivity contribution in [2.24, 2.45) is 10.8 Å². The Bertz CT molecular complexity index is 1300. The number of alkyl halides is 3. The lowest BCUT2D eigenvalue weighted by molar-refractivity contribution is -0.274. The second-order valence-corrected chi connectivity index (χ2v) is 8.77. The van der Waals surface area contributed by atoms with Crippen LogP contribution in [-0.4, -0.2) is 47.7 Å². The van der Waals surface area contributed by atoms with Gasteiger partial charge in [0.2, 0.25) is 5.95 Å². The molecule has 1 amide bonds. The first-order valence-electron chi connectivity index (χ1n) is 11.3. The van der Waals surface area contributed by atoms with E-state index in [1.807, 2.05) is 38.1 Å². The van der Waals surface area contributed by atoms with Crippen LogP contribution in [0.1, 0.15) is 25.3 Å². The number of nitrogens with two attached hydrogens (primary N) is 1. The van der Waals surface area contributed by atoms with Crippen LogP contribution in [0.5, 0.6) is 5.75 Å². The van der Waals surface area contributed by atoms with Gasteiger partial charge in [0.25, 0.3) is 5.91 Å². The van der Waals surface area contributed by atoms with Crippen molar-refractivity contribution in [3.63, 3.8) is 0 Å². The summed E-state index contributed by atoms with van der Waals surface area (Å²) < 4.78 is 41.0. The molecule has 0 aliphatic carbocycles. The zero-order chi connectivity index (χ0) is 28.0. The van der Waals surface area contributed by atoms with Gasteiger partial charge < -0.3 is 20.3 Å². The number of amides is 1. The van der Waals surface area contributed by atoms with E-state index in [0.29, 0.717) is 17.1 Å².